The second-order valence-electron chi connectivity index (χ2n) is 3.00. The van der Waals surface area contributed by atoms with Crippen LogP contribution < -0.4 is 5.32 Å². The van der Waals surface area contributed by atoms with Gasteiger partial charge < -0.3 is 9.47 Å². The molecule has 0 aromatic rings. The summed E-state index contributed by atoms with van der Waals surface area (Å²) >= 11 is 0. The Morgan fingerprint density at radius 1 is 1.42 bits per heavy atom. The molecule has 1 fully saturated rings. The summed E-state index contributed by atoms with van der Waals surface area (Å²) < 4.78 is 10.6. The fourth-order valence-electron chi connectivity index (χ4n) is 1.67. The molecule has 0 radical (unpaired) electrons. The zero-order valence-corrected chi connectivity index (χ0v) is 7.75. The molecule has 0 amide bonds. The molecule has 3 atom stereocenters. The van der Waals surface area contributed by atoms with Crippen molar-refractivity contribution in [3.8, 4) is 0 Å². The van der Waals surface area contributed by atoms with Crippen molar-refractivity contribution in [3.05, 3.63) is 12.7 Å². The molecule has 1 aliphatic heterocycles. The number of ether oxygens (including phenoxy) is 2. The maximum atomic E-state index is 5.34. The summed E-state index contributed by atoms with van der Waals surface area (Å²) in [7, 11) is 3.40. The van der Waals surface area contributed by atoms with Crippen LogP contribution in [-0.2, 0) is 9.47 Å². The molecule has 0 aliphatic carbocycles. The Bertz CT molecular complexity index is 149. The van der Waals surface area contributed by atoms with Crippen LogP contribution in [0, 0.1) is 5.92 Å². The molecule has 0 aromatic heterocycles. The van der Waals surface area contributed by atoms with Gasteiger partial charge in [-0.05, 0) is 13.0 Å². The fourth-order valence-corrected chi connectivity index (χ4v) is 1.67. The molecule has 0 aromatic carbocycles. The second kappa shape index (κ2) is 4.60. The first-order valence-electron chi connectivity index (χ1n) is 4.25. The predicted molar refractivity (Wildman–Crippen MR) is 47.9 cm³/mol. The maximum absolute atomic E-state index is 5.34. The normalized spacial score (nSPS) is 36.3. The van der Waals surface area contributed by atoms with Gasteiger partial charge in [0.1, 0.15) is 12.3 Å². The minimum atomic E-state index is 0.00625. The molecular formula is C9H17NO2. The number of hydrogen-bond donors (Lipinski definition) is 1. The standard InChI is InChI=1S/C9H17NO2/c1-4-7-5-6-10-9(12-3)8(7)11-2/h4,7-10H,1,5-6H2,2-3H3. The van der Waals surface area contributed by atoms with Crippen molar-refractivity contribution in [2.24, 2.45) is 5.92 Å². The van der Waals surface area contributed by atoms with Gasteiger partial charge in [0.15, 0.2) is 0 Å². The number of nitrogens with one attached hydrogen (secondary N) is 1. The first kappa shape index (κ1) is 9.71. The fraction of sp³-hybridized carbons (Fsp3) is 0.778. The van der Waals surface area contributed by atoms with Gasteiger partial charge in [0.25, 0.3) is 0 Å². The summed E-state index contributed by atoms with van der Waals surface area (Å²) in [5.41, 5.74) is 0. The Labute approximate surface area is 73.7 Å². The third-order valence-electron chi connectivity index (χ3n) is 2.37. The lowest BCUT2D eigenvalue weighted by atomic mass is 9.94. The molecule has 1 aliphatic rings. The van der Waals surface area contributed by atoms with E-state index in [1.54, 1.807) is 14.2 Å². The van der Waals surface area contributed by atoms with Gasteiger partial charge >= 0.3 is 0 Å². The number of hydrogen-bond acceptors (Lipinski definition) is 3. The van der Waals surface area contributed by atoms with E-state index in [0.717, 1.165) is 13.0 Å². The number of methoxy groups -OCH3 is 2. The van der Waals surface area contributed by atoms with Crippen LogP contribution in [0.5, 0.6) is 0 Å². The molecular weight excluding hydrogens is 154 g/mol. The van der Waals surface area contributed by atoms with Gasteiger partial charge in [0.05, 0.1) is 0 Å². The van der Waals surface area contributed by atoms with Crippen LogP contribution in [0.4, 0.5) is 0 Å². The van der Waals surface area contributed by atoms with Crippen LogP contribution in [0.1, 0.15) is 6.42 Å². The minimum Gasteiger partial charge on any atom is -0.377 e. The lowest BCUT2D eigenvalue weighted by Crippen LogP contribution is -2.51. The topological polar surface area (TPSA) is 30.5 Å². The summed E-state index contributed by atoms with van der Waals surface area (Å²) in [5.74, 6) is 0.404. The van der Waals surface area contributed by atoms with E-state index in [-0.39, 0.29) is 12.3 Å². The summed E-state index contributed by atoms with van der Waals surface area (Å²) in [6, 6.07) is 0. The third-order valence-corrected chi connectivity index (χ3v) is 2.37. The summed E-state index contributed by atoms with van der Waals surface area (Å²) in [5, 5.41) is 3.24. The lowest BCUT2D eigenvalue weighted by Gasteiger charge is -2.35. The molecule has 1 heterocycles. The van der Waals surface area contributed by atoms with Crippen molar-refractivity contribution in [1.82, 2.24) is 5.32 Å². The van der Waals surface area contributed by atoms with Crippen LogP contribution >= 0.6 is 0 Å². The monoisotopic (exact) mass is 171 g/mol. The van der Waals surface area contributed by atoms with Crippen molar-refractivity contribution in [3.63, 3.8) is 0 Å². The average molecular weight is 171 g/mol. The molecule has 1 N–H and O–H groups in total. The van der Waals surface area contributed by atoms with Crippen molar-refractivity contribution in [1.29, 1.82) is 0 Å². The molecule has 3 unspecified atom stereocenters. The number of piperidine rings is 1. The Hall–Kier alpha value is -0.380. The molecule has 1 rings (SSSR count). The van der Waals surface area contributed by atoms with E-state index in [1.165, 1.54) is 0 Å². The lowest BCUT2D eigenvalue weighted by molar-refractivity contribution is -0.0873. The Morgan fingerprint density at radius 2 is 2.17 bits per heavy atom. The molecule has 3 nitrogen and oxygen atoms in total. The number of rotatable bonds is 3. The van der Waals surface area contributed by atoms with Crippen LogP contribution in [0.25, 0.3) is 0 Å². The van der Waals surface area contributed by atoms with Crippen LogP contribution in [-0.4, -0.2) is 33.1 Å². The predicted octanol–water partition coefficient (Wildman–Crippen LogP) is 0.769. The van der Waals surface area contributed by atoms with Crippen molar-refractivity contribution in [2.45, 2.75) is 18.8 Å². The van der Waals surface area contributed by atoms with E-state index in [1.807, 2.05) is 6.08 Å². The van der Waals surface area contributed by atoms with Crippen molar-refractivity contribution >= 4 is 0 Å². The molecule has 0 saturated carbocycles. The first-order valence-corrected chi connectivity index (χ1v) is 4.25. The molecule has 1 saturated heterocycles. The highest BCUT2D eigenvalue weighted by Gasteiger charge is 2.31. The van der Waals surface area contributed by atoms with Gasteiger partial charge in [-0.25, -0.2) is 0 Å². The van der Waals surface area contributed by atoms with E-state index in [4.69, 9.17) is 9.47 Å². The zero-order chi connectivity index (χ0) is 8.97. The summed E-state index contributed by atoms with van der Waals surface area (Å²) in [6.07, 6.45) is 3.12. The van der Waals surface area contributed by atoms with E-state index in [2.05, 4.69) is 11.9 Å². The molecule has 12 heavy (non-hydrogen) atoms. The molecule has 0 bridgehead atoms. The summed E-state index contributed by atoms with van der Waals surface area (Å²) in [4.78, 5) is 0. The van der Waals surface area contributed by atoms with Gasteiger partial charge in [-0.1, -0.05) is 6.08 Å². The quantitative estimate of drug-likeness (QED) is 0.636. The average Bonchev–Trinajstić information content (AvgIpc) is 2.16. The summed E-state index contributed by atoms with van der Waals surface area (Å²) in [6.45, 7) is 4.76. The largest absolute Gasteiger partial charge is 0.377 e. The highest BCUT2D eigenvalue weighted by molar-refractivity contribution is 4.92. The van der Waals surface area contributed by atoms with E-state index < -0.39 is 0 Å². The van der Waals surface area contributed by atoms with Gasteiger partial charge in [0, 0.05) is 20.1 Å². The Balaban J connectivity index is 2.58. The van der Waals surface area contributed by atoms with E-state index >= 15 is 0 Å². The second-order valence-corrected chi connectivity index (χ2v) is 3.00. The highest BCUT2D eigenvalue weighted by Crippen LogP contribution is 2.20. The van der Waals surface area contributed by atoms with Gasteiger partial charge in [-0.2, -0.15) is 0 Å². The van der Waals surface area contributed by atoms with Crippen LogP contribution in [0.3, 0.4) is 0 Å². The van der Waals surface area contributed by atoms with Gasteiger partial charge in [-0.3, -0.25) is 5.32 Å². The van der Waals surface area contributed by atoms with Crippen LogP contribution in [0.2, 0.25) is 0 Å². The maximum Gasteiger partial charge on any atom is 0.134 e. The Kier molecular flexibility index (Phi) is 3.72. The molecule has 0 spiro atoms. The van der Waals surface area contributed by atoms with E-state index in [9.17, 15) is 0 Å². The smallest absolute Gasteiger partial charge is 0.134 e. The third kappa shape index (κ3) is 1.86. The van der Waals surface area contributed by atoms with Crippen LogP contribution in [0.15, 0.2) is 12.7 Å². The molecule has 70 valence electrons. The van der Waals surface area contributed by atoms with E-state index in [0.29, 0.717) is 5.92 Å². The van der Waals surface area contributed by atoms with Crippen molar-refractivity contribution in [2.75, 3.05) is 20.8 Å². The SMILES string of the molecule is C=CC1CCNC(OC)C1OC. The minimum absolute atomic E-state index is 0.00625. The molecule has 3 heteroatoms. The first-order chi connectivity index (χ1) is 5.83. The van der Waals surface area contributed by atoms with Crippen molar-refractivity contribution < 1.29 is 9.47 Å². The zero-order valence-electron chi connectivity index (χ0n) is 7.75. The van der Waals surface area contributed by atoms with Gasteiger partial charge in [0.2, 0.25) is 0 Å². The van der Waals surface area contributed by atoms with Gasteiger partial charge in [-0.15, -0.1) is 6.58 Å². The Morgan fingerprint density at radius 3 is 2.67 bits per heavy atom. The highest BCUT2D eigenvalue weighted by atomic mass is 16.5.